The minimum atomic E-state index is 0. The number of guanidine groups is 1. The van der Waals surface area contributed by atoms with Crippen LogP contribution in [0.4, 0.5) is 5.00 Å². The highest BCUT2D eigenvalue weighted by atomic mass is 127. The lowest BCUT2D eigenvalue weighted by Gasteiger charge is -2.33. The Kier molecular flexibility index (Phi) is 10.4. The van der Waals surface area contributed by atoms with Gasteiger partial charge in [0.15, 0.2) is 5.96 Å². The molecule has 158 valence electrons. The lowest BCUT2D eigenvalue weighted by molar-refractivity contribution is -0.125. The number of hydrogen-bond donors (Lipinski definition) is 3. The summed E-state index contributed by atoms with van der Waals surface area (Å²) >= 11 is 1.81. The molecule has 2 fully saturated rings. The van der Waals surface area contributed by atoms with Gasteiger partial charge in [-0.1, -0.05) is 19.3 Å². The van der Waals surface area contributed by atoms with Gasteiger partial charge in [-0.3, -0.25) is 9.79 Å². The predicted molar refractivity (Wildman–Crippen MR) is 129 cm³/mol. The number of nitrogens with one attached hydrogen (secondary N) is 3. The van der Waals surface area contributed by atoms with E-state index in [2.05, 4.69) is 43.4 Å². The molecule has 0 unspecified atom stereocenters. The summed E-state index contributed by atoms with van der Waals surface area (Å²) in [4.78, 5) is 19.0. The van der Waals surface area contributed by atoms with Gasteiger partial charge >= 0.3 is 0 Å². The Bertz CT molecular complexity index is 596. The molecule has 3 rings (SSSR count). The Morgan fingerprint density at radius 1 is 1.14 bits per heavy atom. The minimum absolute atomic E-state index is 0. The first kappa shape index (κ1) is 23.3. The summed E-state index contributed by atoms with van der Waals surface area (Å²) in [6, 6.07) is 4.76. The molecule has 0 spiro atoms. The van der Waals surface area contributed by atoms with Crippen LogP contribution in [0.3, 0.4) is 0 Å². The van der Waals surface area contributed by atoms with Crippen molar-refractivity contribution in [1.82, 2.24) is 16.0 Å². The van der Waals surface area contributed by atoms with Crippen LogP contribution in [-0.2, 0) is 4.79 Å². The predicted octanol–water partition coefficient (Wildman–Crippen LogP) is 3.20. The molecule has 2 aliphatic rings. The van der Waals surface area contributed by atoms with E-state index in [4.69, 9.17) is 0 Å². The van der Waals surface area contributed by atoms with Crippen LogP contribution >= 0.6 is 35.3 Å². The lowest BCUT2D eigenvalue weighted by atomic mass is 9.89. The number of halogens is 1. The second kappa shape index (κ2) is 12.5. The summed E-state index contributed by atoms with van der Waals surface area (Å²) in [6.45, 7) is 3.50. The summed E-state index contributed by atoms with van der Waals surface area (Å²) in [5.74, 6) is 1.28. The Hall–Kier alpha value is -1.03. The van der Waals surface area contributed by atoms with Crippen molar-refractivity contribution in [2.45, 2.75) is 51.0 Å². The summed E-state index contributed by atoms with van der Waals surface area (Å²) in [7, 11) is 1.80. The Morgan fingerprint density at radius 3 is 2.50 bits per heavy atom. The van der Waals surface area contributed by atoms with Gasteiger partial charge in [0, 0.05) is 45.2 Å². The maximum absolute atomic E-state index is 12.2. The topological polar surface area (TPSA) is 68.8 Å². The highest BCUT2D eigenvalue weighted by Gasteiger charge is 2.21. The van der Waals surface area contributed by atoms with Gasteiger partial charge in [0.25, 0.3) is 0 Å². The van der Waals surface area contributed by atoms with Gasteiger partial charge in [-0.05, 0) is 43.2 Å². The van der Waals surface area contributed by atoms with Crippen LogP contribution in [0.2, 0.25) is 0 Å². The van der Waals surface area contributed by atoms with E-state index in [0.29, 0.717) is 19.1 Å². The lowest BCUT2D eigenvalue weighted by Crippen LogP contribution is -2.49. The third kappa shape index (κ3) is 7.09. The van der Waals surface area contributed by atoms with Crippen LogP contribution in [0, 0.1) is 5.92 Å². The second-order valence-electron chi connectivity index (χ2n) is 7.48. The van der Waals surface area contributed by atoms with Gasteiger partial charge in [-0.15, -0.1) is 35.3 Å². The van der Waals surface area contributed by atoms with E-state index in [1.165, 1.54) is 24.3 Å². The van der Waals surface area contributed by atoms with E-state index in [-0.39, 0.29) is 35.8 Å². The first-order valence-corrected chi connectivity index (χ1v) is 11.2. The fraction of sp³-hybridized carbons (Fsp3) is 0.700. The zero-order valence-corrected chi connectivity index (χ0v) is 19.9. The number of carbonyl (C=O) groups excluding carboxylic acids is 1. The van der Waals surface area contributed by atoms with Crippen molar-refractivity contribution < 1.29 is 4.79 Å². The molecule has 3 N–H and O–H groups in total. The van der Waals surface area contributed by atoms with Crippen molar-refractivity contribution in [3.8, 4) is 0 Å². The van der Waals surface area contributed by atoms with E-state index >= 15 is 0 Å². The average molecular weight is 519 g/mol. The minimum Gasteiger partial charge on any atom is -0.363 e. The zero-order valence-electron chi connectivity index (χ0n) is 16.8. The van der Waals surface area contributed by atoms with Gasteiger partial charge in [0.05, 0.1) is 5.00 Å². The van der Waals surface area contributed by atoms with Crippen LogP contribution < -0.4 is 20.9 Å². The van der Waals surface area contributed by atoms with Crippen LogP contribution in [0.5, 0.6) is 0 Å². The molecule has 1 amide bonds. The van der Waals surface area contributed by atoms with Crippen LogP contribution in [0.1, 0.15) is 44.9 Å². The third-order valence-corrected chi connectivity index (χ3v) is 6.50. The normalized spacial score (nSPS) is 19.0. The van der Waals surface area contributed by atoms with E-state index < -0.39 is 0 Å². The van der Waals surface area contributed by atoms with Crippen molar-refractivity contribution in [1.29, 1.82) is 0 Å². The fourth-order valence-corrected chi connectivity index (χ4v) is 4.74. The second-order valence-corrected chi connectivity index (χ2v) is 8.41. The number of nitrogens with zero attached hydrogens (tertiary/aromatic N) is 2. The molecule has 1 aliphatic carbocycles. The van der Waals surface area contributed by atoms with Crippen LogP contribution in [-0.4, -0.2) is 51.1 Å². The molecule has 1 aromatic rings. The average Bonchev–Trinajstić information content (AvgIpc) is 3.26. The summed E-state index contributed by atoms with van der Waals surface area (Å²) < 4.78 is 0. The number of aliphatic imine (C=N–C) groups is 1. The molecule has 8 heteroatoms. The monoisotopic (exact) mass is 519 g/mol. The van der Waals surface area contributed by atoms with Crippen LogP contribution in [0.15, 0.2) is 22.5 Å². The Balaban J connectivity index is 0.00000280. The van der Waals surface area contributed by atoms with Crippen molar-refractivity contribution in [2.75, 3.05) is 38.1 Å². The largest absolute Gasteiger partial charge is 0.363 e. The Labute approximate surface area is 190 Å². The van der Waals surface area contributed by atoms with Gasteiger partial charge in [-0.25, -0.2) is 0 Å². The molecule has 0 bridgehead atoms. The Morgan fingerprint density at radius 2 is 1.86 bits per heavy atom. The molecule has 1 aromatic heterocycles. The first-order valence-electron chi connectivity index (χ1n) is 10.3. The zero-order chi connectivity index (χ0) is 18.9. The quantitative estimate of drug-likeness (QED) is 0.234. The highest BCUT2D eigenvalue weighted by Crippen LogP contribution is 2.25. The van der Waals surface area contributed by atoms with Gasteiger partial charge in [0.2, 0.25) is 5.91 Å². The van der Waals surface area contributed by atoms with Crippen molar-refractivity contribution in [3.05, 3.63) is 17.5 Å². The maximum atomic E-state index is 12.2. The third-order valence-electron chi connectivity index (χ3n) is 5.57. The first-order chi connectivity index (χ1) is 13.3. The molecular weight excluding hydrogens is 485 g/mol. The molecule has 28 heavy (non-hydrogen) atoms. The number of anilines is 1. The van der Waals surface area contributed by atoms with Crippen molar-refractivity contribution >= 4 is 52.2 Å². The number of amides is 1. The van der Waals surface area contributed by atoms with Gasteiger partial charge in [0.1, 0.15) is 0 Å². The molecule has 2 heterocycles. The fourth-order valence-electron chi connectivity index (χ4n) is 3.96. The standard InChI is InChI=1S/C20H33N5OS.HI/c1-21-20(23-12-11-22-19(26)16-6-3-2-4-7-16)24-17-9-13-25(14-10-17)18-8-5-15-27-18;/h5,8,15-17H,2-4,6-7,9-14H2,1H3,(H,22,26)(H2,21,23,24);1H. The van der Waals surface area contributed by atoms with Gasteiger partial charge in [-0.2, -0.15) is 0 Å². The van der Waals surface area contributed by atoms with E-state index in [9.17, 15) is 4.79 Å². The molecule has 6 nitrogen and oxygen atoms in total. The number of rotatable bonds is 6. The summed E-state index contributed by atoms with van der Waals surface area (Å²) in [6.07, 6.45) is 7.98. The van der Waals surface area contributed by atoms with Crippen molar-refractivity contribution in [2.24, 2.45) is 10.9 Å². The summed E-state index contributed by atoms with van der Waals surface area (Å²) in [5, 5.41) is 13.4. The highest BCUT2D eigenvalue weighted by molar-refractivity contribution is 14.0. The number of piperidine rings is 1. The molecular formula is C20H34IN5OS. The molecule has 1 saturated heterocycles. The van der Waals surface area contributed by atoms with E-state index in [1.54, 1.807) is 7.05 Å². The SMILES string of the molecule is CN=C(NCCNC(=O)C1CCCCC1)NC1CCN(c2cccs2)CC1.I. The molecule has 0 radical (unpaired) electrons. The molecule has 0 aromatic carbocycles. The molecule has 1 aliphatic heterocycles. The van der Waals surface area contributed by atoms with E-state index in [0.717, 1.165) is 44.7 Å². The van der Waals surface area contributed by atoms with Crippen molar-refractivity contribution in [3.63, 3.8) is 0 Å². The maximum Gasteiger partial charge on any atom is 0.223 e. The number of thiophene rings is 1. The number of carbonyl (C=O) groups is 1. The molecule has 1 saturated carbocycles. The van der Waals surface area contributed by atoms with Crippen LogP contribution in [0.25, 0.3) is 0 Å². The van der Waals surface area contributed by atoms with Gasteiger partial charge < -0.3 is 20.9 Å². The smallest absolute Gasteiger partial charge is 0.223 e. The summed E-state index contributed by atoms with van der Waals surface area (Å²) in [5.41, 5.74) is 0. The number of hydrogen-bond acceptors (Lipinski definition) is 4. The van der Waals surface area contributed by atoms with E-state index in [1.807, 2.05) is 11.3 Å². The molecule has 0 atom stereocenters.